The molecule has 0 bridgehead atoms. The Morgan fingerprint density at radius 1 is 1.24 bits per heavy atom. The summed E-state index contributed by atoms with van der Waals surface area (Å²) >= 11 is 6.00. The van der Waals surface area contributed by atoms with E-state index in [1.807, 2.05) is 6.92 Å². The molecule has 2 rings (SSSR count). The van der Waals surface area contributed by atoms with Crippen LogP contribution in [0, 0.1) is 24.0 Å². The number of nitrogens with zero attached hydrogens (tertiary/aromatic N) is 1. The van der Waals surface area contributed by atoms with E-state index in [0.29, 0.717) is 16.3 Å². The van der Waals surface area contributed by atoms with Gasteiger partial charge in [0.05, 0.1) is 4.92 Å². The molecular formula is C15H13ClN2O3. The second-order valence-corrected chi connectivity index (χ2v) is 5.03. The predicted molar refractivity (Wildman–Crippen MR) is 82.0 cm³/mol. The predicted octanol–water partition coefficient (Wildman–Crippen LogP) is 4.12. The summed E-state index contributed by atoms with van der Waals surface area (Å²) in [6, 6.07) is 9.57. The minimum Gasteiger partial charge on any atom is -0.322 e. The smallest absolute Gasteiger partial charge is 0.273 e. The Kier molecular flexibility index (Phi) is 4.23. The van der Waals surface area contributed by atoms with Crippen molar-refractivity contribution >= 4 is 28.9 Å². The van der Waals surface area contributed by atoms with Crippen LogP contribution in [0.2, 0.25) is 5.02 Å². The van der Waals surface area contributed by atoms with Crippen LogP contribution in [0.3, 0.4) is 0 Å². The molecule has 21 heavy (non-hydrogen) atoms. The van der Waals surface area contributed by atoms with Gasteiger partial charge in [0.15, 0.2) is 0 Å². The quantitative estimate of drug-likeness (QED) is 0.685. The van der Waals surface area contributed by atoms with E-state index in [2.05, 4.69) is 5.32 Å². The van der Waals surface area contributed by atoms with Crippen molar-refractivity contribution in [2.45, 2.75) is 13.8 Å². The Balaban J connectivity index is 2.30. The fourth-order valence-electron chi connectivity index (χ4n) is 1.94. The molecule has 5 nitrogen and oxygen atoms in total. The minimum atomic E-state index is -0.505. The number of carbonyl (C=O) groups excluding carboxylic acids is 1. The second-order valence-electron chi connectivity index (χ2n) is 4.62. The zero-order chi connectivity index (χ0) is 15.6. The number of rotatable bonds is 3. The maximum atomic E-state index is 12.2. The molecule has 0 aromatic heterocycles. The molecule has 0 radical (unpaired) electrons. The van der Waals surface area contributed by atoms with Gasteiger partial charge in [-0.15, -0.1) is 0 Å². The molecule has 0 aliphatic carbocycles. The van der Waals surface area contributed by atoms with Crippen LogP contribution in [0.25, 0.3) is 0 Å². The molecule has 2 aromatic carbocycles. The molecule has 108 valence electrons. The topological polar surface area (TPSA) is 72.2 Å². The molecule has 0 aliphatic rings. The van der Waals surface area contributed by atoms with E-state index in [1.54, 1.807) is 31.2 Å². The summed E-state index contributed by atoms with van der Waals surface area (Å²) in [5, 5.41) is 14.1. The number of carbonyl (C=O) groups is 1. The lowest BCUT2D eigenvalue weighted by atomic mass is 10.1. The normalized spacial score (nSPS) is 10.2. The van der Waals surface area contributed by atoms with E-state index in [9.17, 15) is 14.9 Å². The van der Waals surface area contributed by atoms with Crippen LogP contribution in [-0.4, -0.2) is 10.8 Å². The fourth-order valence-corrected chi connectivity index (χ4v) is 2.12. The minimum absolute atomic E-state index is 0.0791. The van der Waals surface area contributed by atoms with Gasteiger partial charge in [0.25, 0.3) is 11.6 Å². The molecule has 0 saturated heterocycles. The summed E-state index contributed by atoms with van der Waals surface area (Å²) in [4.78, 5) is 22.6. The number of benzene rings is 2. The molecule has 6 heteroatoms. The SMILES string of the molecule is Cc1ccc(NC(=O)c2cccc([N+](=O)[O-])c2C)cc1Cl. The van der Waals surface area contributed by atoms with Gasteiger partial charge in [-0.2, -0.15) is 0 Å². The standard InChI is InChI=1S/C15H13ClN2O3/c1-9-6-7-11(8-13(9)16)17-15(19)12-4-3-5-14(10(12)2)18(20)21/h3-8H,1-2H3,(H,17,19). The Hall–Kier alpha value is -2.40. The number of nitro groups is 1. The van der Waals surface area contributed by atoms with E-state index in [0.717, 1.165) is 5.56 Å². The van der Waals surface area contributed by atoms with Crippen LogP contribution in [0.1, 0.15) is 21.5 Å². The molecule has 0 fully saturated rings. The summed E-state index contributed by atoms with van der Waals surface area (Å²) in [5.74, 6) is -0.406. The largest absolute Gasteiger partial charge is 0.322 e. The third-order valence-electron chi connectivity index (χ3n) is 3.18. The molecule has 0 saturated carbocycles. The van der Waals surface area contributed by atoms with Gasteiger partial charge in [0.1, 0.15) is 0 Å². The van der Waals surface area contributed by atoms with Crippen LogP contribution < -0.4 is 5.32 Å². The number of anilines is 1. The van der Waals surface area contributed by atoms with Crippen molar-refractivity contribution in [3.05, 3.63) is 68.2 Å². The van der Waals surface area contributed by atoms with Crippen LogP contribution in [0.4, 0.5) is 11.4 Å². The zero-order valence-corrected chi connectivity index (χ0v) is 12.3. The van der Waals surface area contributed by atoms with Crippen LogP contribution in [0.15, 0.2) is 36.4 Å². The molecule has 0 atom stereocenters. The average molecular weight is 305 g/mol. The lowest BCUT2D eigenvalue weighted by molar-refractivity contribution is -0.385. The Morgan fingerprint density at radius 2 is 1.95 bits per heavy atom. The van der Waals surface area contributed by atoms with Crippen molar-refractivity contribution < 1.29 is 9.72 Å². The third-order valence-corrected chi connectivity index (χ3v) is 3.58. The van der Waals surface area contributed by atoms with Gasteiger partial charge < -0.3 is 5.32 Å². The highest BCUT2D eigenvalue weighted by Crippen LogP contribution is 2.24. The summed E-state index contributed by atoms with van der Waals surface area (Å²) < 4.78 is 0. The van der Waals surface area contributed by atoms with Gasteiger partial charge in [-0.05, 0) is 37.6 Å². The van der Waals surface area contributed by atoms with Crippen molar-refractivity contribution in [2.24, 2.45) is 0 Å². The summed E-state index contributed by atoms with van der Waals surface area (Å²) in [6.07, 6.45) is 0. The fraction of sp³-hybridized carbons (Fsp3) is 0.133. The van der Waals surface area contributed by atoms with Gasteiger partial charge in [-0.3, -0.25) is 14.9 Å². The summed E-state index contributed by atoms with van der Waals surface area (Å²) in [7, 11) is 0. The molecular weight excluding hydrogens is 292 g/mol. The lowest BCUT2D eigenvalue weighted by Crippen LogP contribution is -2.14. The van der Waals surface area contributed by atoms with E-state index in [1.165, 1.54) is 12.1 Å². The molecule has 2 aromatic rings. The van der Waals surface area contributed by atoms with Gasteiger partial charge in [0, 0.05) is 27.9 Å². The molecule has 1 N–H and O–H groups in total. The van der Waals surface area contributed by atoms with E-state index >= 15 is 0 Å². The number of aryl methyl sites for hydroxylation is 1. The Bertz CT molecular complexity index is 729. The van der Waals surface area contributed by atoms with Crippen LogP contribution in [0.5, 0.6) is 0 Å². The molecule has 0 heterocycles. The van der Waals surface area contributed by atoms with Gasteiger partial charge in [-0.1, -0.05) is 23.7 Å². The lowest BCUT2D eigenvalue weighted by Gasteiger charge is -2.09. The Labute approximate surface area is 126 Å². The highest BCUT2D eigenvalue weighted by Gasteiger charge is 2.18. The number of amides is 1. The number of hydrogen-bond donors (Lipinski definition) is 1. The molecule has 0 aliphatic heterocycles. The number of nitrogens with one attached hydrogen (secondary N) is 1. The van der Waals surface area contributed by atoms with Crippen molar-refractivity contribution in [3.8, 4) is 0 Å². The van der Waals surface area contributed by atoms with E-state index in [4.69, 9.17) is 11.6 Å². The van der Waals surface area contributed by atoms with Crippen molar-refractivity contribution in [3.63, 3.8) is 0 Å². The van der Waals surface area contributed by atoms with Crippen LogP contribution in [-0.2, 0) is 0 Å². The van der Waals surface area contributed by atoms with Crippen LogP contribution >= 0.6 is 11.6 Å². The average Bonchev–Trinajstić information content (AvgIpc) is 2.42. The van der Waals surface area contributed by atoms with E-state index < -0.39 is 10.8 Å². The summed E-state index contributed by atoms with van der Waals surface area (Å²) in [6.45, 7) is 3.41. The van der Waals surface area contributed by atoms with Crippen molar-refractivity contribution in [1.82, 2.24) is 0 Å². The van der Waals surface area contributed by atoms with Gasteiger partial charge in [0.2, 0.25) is 0 Å². The second kappa shape index (κ2) is 5.93. The highest BCUT2D eigenvalue weighted by atomic mass is 35.5. The first kappa shape index (κ1) is 15.0. The number of nitro benzene ring substituents is 1. The number of halogens is 1. The first-order valence-corrected chi connectivity index (χ1v) is 6.59. The summed E-state index contributed by atoms with van der Waals surface area (Å²) in [5.41, 5.74) is 1.96. The molecule has 0 unspecified atom stereocenters. The van der Waals surface area contributed by atoms with Crippen molar-refractivity contribution in [2.75, 3.05) is 5.32 Å². The first-order valence-electron chi connectivity index (χ1n) is 6.21. The van der Waals surface area contributed by atoms with Gasteiger partial charge in [-0.25, -0.2) is 0 Å². The molecule has 1 amide bonds. The monoisotopic (exact) mass is 304 g/mol. The maximum Gasteiger partial charge on any atom is 0.273 e. The van der Waals surface area contributed by atoms with Gasteiger partial charge >= 0.3 is 0 Å². The molecule has 0 spiro atoms. The van der Waals surface area contributed by atoms with Crippen molar-refractivity contribution in [1.29, 1.82) is 0 Å². The first-order chi connectivity index (χ1) is 9.90. The number of hydrogen-bond acceptors (Lipinski definition) is 3. The third kappa shape index (κ3) is 3.20. The maximum absolute atomic E-state index is 12.2. The Morgan fingerprint density at radius 3 is 2.57 bits per heavy atom. The van der Waals surface area contributed by atoms with E-state index in [-0.39, 0.29) is 11.3 Å². The highest BCUT2D eigenvalue weighted by molar-refractivity contribution is 6.31. The zero-order valence-electron chi connectivity index (χ0n) is 11.5.